The summed E-state index contributed by atoms with van der Waals surface area (Å²) in [5, 5.41) is 11.4. The van der Waals surface area contributed by atoms with Gasteiger partial charge in [-0.05, 0) is 30.7 Å². The van der Waals surface area contributed by atoms with E-state index in [0.717, 1.165) is 17.4 Å². The average molecular weight is 440 g/mol. The van der Waals surface area contributed by atoms with Gasteiger partial charge in [-0.2, -0.15) is 4.31 Å². The quantitative estimate of drug-likeness (QED) is 0.352. The van der Waals surface area contributed by atoms with Crippen LogP contribution in [0.1, 0.15) is 21.5 Å². The Morgan fingerprint density at radius 3 is 2.62 bits per heavy atom. The van der Waals surface area contributed by atoms with E-state index in [9.17, 15) is 23.3 Å². The van der Waals surface area contributed by atoms with Crippen LogP contribution in [0.2, 0.25) is 0 Å². The van der Waals surface area contributed by atoms with Crippen molar-refractivity contribution in [1.29, 1.82) is 0 Å². The van der Waals surface area contributed by atoms with Crippen molar-refractivity contribution in [3.63, 3.8) is 0 Å². The summed E-state index contributed by atoms with van der Waals surface area (Å²) < 4.78 is 37.1. The van der Waals surface area contributed by atoms with Gasteiger partial charge < -0.3 is 9.47 Å². The summed E-state index contributed by atoms with van der Waals surface area (Å²) in [6, 6.07) is 6.97. The van der Waals surface area contributed by atoms with E-state index in [2.05, 4.69) is 0 Å². The number of benzene rings is 1. The number of Topliss-reactive ketones (excluding diaryl/α,β-unsaturated/α-hetero) is 1. The number of hydrogen-bond donors (Lipinski definition) is 0. The lowest BCUT2D eigenvalue weighted by atomic mass is 10.3. The Kier molecular flexibility index (Phi) is 6.63. The SMILES string of the molecule is CCc1ccc(C(=O)COc2ccc(S(=O)(=O)N3CCOCC3)cc2[N+](=O)[O-])s1. The van der Waals surface area contributed by atoms with Crippen LogP contribution in [0.5, 0.6) is 5.75 Å². The highest BCUT2D eigenvalue weighted by molar-refractivity contribution is 7.89. The van der Waals surface area contributed by atoms with Gasteiger partial charge in [-0.25, -0.2) is 8.42 Å². The Balaban J connectivity index is 1.79. The van der Waals surface area contributed by atoms with Crippen molar-refractivity contribution in [2.75, 3.05) is 32.9 Å². The number of thiophene rings is 1. The van der Waals surface area contributed by atoms with Crippen LogP contribution in [0.3, 0.4) is 0 Å². The summed E-state index contributed by atoms with van der Waals surface area (Å²) in [6.45, 7) is 2.51. The fourth-order valence-electron chi connectivity index (χ4n) is 2.79. The second-order valence-corrected chi connectivity index (χ2v) is 9.34. The van der Waals surface area contributed by atoms with Gasteiger partial charge in [0.1, 0.15) is 0 Å². The lowest BCUT2D eigenvalue weighted by molar-refractivity contribution is -0.386. The standard InChI is InChI=1S/C18H20N2O7S2/c1-2-13-3-6-18(28-13)16(21)12-27-17-5-4-14(11-15(17)20(22)23)29(24,25)19-7-9-26-10-8-19/h3-6,11H,2,7-10,12H2,1H3. The zero-order valence-electron chi connectivity index (χ0n) is 15.7. The van der Waals surface area contributed by atoms with Crippen molar-refractivity contribution >= 4 is 32.8 Å². The molecule has 1 aliphatic heterocycles. The Hall–Kier alpha value is -2.34. The highest BCUT2D eigenvalue weighted by Crippen LogP contribution is 2.31. The minimum atomic E-state index is -3.88. The van der Waals surface area contributed by atoms with Gasteiger partial charge in [-0.3, -0.25) is 14.9 Å². The Labute approximate surface area is 172 Å². The molecule has 0 spiro atoms. The number of ether oxygens (including phenoxy) is 2. The molecule has 1 saturated heterocycles. The first kappa shape index (κ1) is 21.4. The monoisotopic (exact) mass is 440 g/mol. The number of nitrogens with zero attached hydrogens (tertiary/aromatic N) is 2. The fourth-order valence-corrected chi connectivity index (χ4v) is 5.09. The van der Waals surface area contributed by atoms with Gasteiger partial charge in [0.15, 0.2) is 12.4 Å². The third kappa shape index (κ3) is 4.81. The molecule has 1 fully saturated rings. The summed E-state index contributed by atoms with van der Waals surface area (Å²) in [5.41, 5.74) is -0.507. The minimum Gasteiger partial charge on any atom is -0.478 e. The van der Waals surface area contributed by atoms with E-state index in [0.29, 0.717) is 4.88 Å². The normalized spacial score (nSPS) is 15.2. The molecule has 0 saturated carbocycles. The molecule has 0 aliphatic carbocycles. The van der Waals surface area contributed by atoms with Crippen LogP contribution in [-0.4, -0.2) is 56.3 Å². The van der Waals surface area contributed by atoms with Gasteiger partial charge in [-0.15, -0.1) is 11.3 Å². The molecule has 9 nitrogen and oxygen atoms in total. The predicted octanol–water partition coefficient (Wildman–Crippen LogP) is 2.50. The zero-order chi connectivity index (χ0) is 21.0. The molecular weight excluding hydrogens is 420 g/mol. The molecule has 3 rings (SSSR count). The first-order valence-corrected chi connectivity index (χ1v) is 11.2. The number of carbonyl (C=O) groups is 1. The maximum absolute atomic E-state index is 12.7. The number of carbonyl (C=O) groups excluding carboxylic acids is 1. The maximum atomic E-state index is 12.7. The number of nitro benzene ring substituents is 1. The molecule has 2 aromatic rings. The van der Waals surface area contributed by atoms with Crippen molar-refractivity contribution < 1.29 is 27.6 Å². The van der Waals surface area contributed by atoms with E-state index in [1.54, 1.807) is 6.07 Å². The third-order valence-corrected chi connectivity index (χ3v) is 7.54. The molecule has 11 heteroatoms. The lowest BCUT2D eigenvalue weighted by Crippen LogP contribution is -2.40. The number of morpholine rings is 1. The first-order chi connectivity index (χ1) is 13.8. The minimum absolute atomic E-state index is 0.156. The summed E-state index contributed by atoms with van der Waals surface area (Å²) in [6.07, 6.45) is 0.809. The molecule has 1 aromatic carbocycles. The Bertz CT molecular complexity index is 1010. The van der Waals surface area contributed by atoms with E-state index < -0.39 is 20.6 Å². The molecule has 2 heterocycles. The Morgan fingerprint density at radius 2 is 2.00 bits per heavy atom. The van der Waals surface area contributed by atoms with Crippen LogP contribution in [0.4, 0.5) is 5.69 Å². The van der Waals surface area contributed by atoms with Gasteiger partial charge in [0.25, 0.3) is 0 Å². The molecule has 0 N–H and O–H groups in total. The molecule has 156 valence electrons. The molecule has 0 amide bonds. The topological polar surface area (TPSA) is 116 Å². The van der Waals surface area contributed by atoms with E-state index in [4.69, 9.17) is 9.47 Å². The van der Waals surface area contributed by atoms with Crippen molar-refractivity contribution in [2.45, 2.75) is 18.2 Å². The maximum Gasteiger partial charge on any atom is 0.312 e. The second kappa shape index (κ2) is 8.99. The summed E-state index contributed by atoms with van der Waals surface area (Å²) in [7, 11) is -3.88. The zero-order valence-corrected chi connectivity index (χ0v) is 17.3. The molecule has 29 heavy (non-hydrogen) atoms. The number of rotatable bonds is 8. The van der Waals surface area contributed by atoms with Gasteiger partial charge in [0, 0.05) is 24.0 Å². The smallest absolute Gasteiger partial charge is 0.312 e. The van der Waals surface area contributed by atoms with Gasteiger partial charge >= 0.3 is 5.69 Å². The van der Waals surface area contributed by atoms with Crippen LogP contribution in [0.15, 0.2) is 35.2 Å². The van der Waals surface area contributed by atoms with E-state index in [-0.39, 0.29) is 49.3 Å². The van der Waals surface area contributed by atoms with E-state index in [1.165, 1.54) is 27.8 Å². The van der Waals surface area contributed by atoms with Crippen LogP contribution >= 0.6 is 11.3 Å². The second-order valence-electron chi connectivity index (χ2n) is 6.23. The number of sulfonamides is 1. The van der Waals surface area contributed by atoms with Gasteiger partial charge in [0.05, 0.1) is 27.9 Å². The van der Waals surface area contributed by atoms with Crippen molar-refractivity contribution in [2.24, 2.45) is 0 Å². The molecule has 1 aliphatic rings. The molecule has 0 bridgehead atoms. The van der Waals surface area contributed by atoms with E-state index in [1.807, 2.05) is 13.0 Å². The lowest BCUT2D eigenvalue weighted by Gasteiger charge is -2.26. The number of hydrogen-bond acceptors (Lipinski definition) is 8. The number of aryl methyl sites for hydroxylation is 1. The largest absolute Gasteiger partial charge is 0.478 e. The van der Waals surface area contributed by atoms with Crippen LogP contribution in [0, 0.1) is 10.1 Å². The molecule has 0 atom stereocenters. The third-order valence-electron chi connectivity index (χ3n) is 4.38. The van der Waals surface area contributed by atoms with Crippen molar-refractivity contribution in [1.82, 2.24) is 4.31 Å². The summed E-state index contributed by atoms with van der Waals surface area (Å²) in [4.78, 5) is 24.4. The van der Waals surface area contributed by atoms with Gasteiger partial charge in [0.2, 0.25) is 15.8 Å². The summed E-state index contributed by atoms with van der Waals surface area (Å²) >= 11 is 1.35. The van der Waals surface area contributed by atoms with Crippen LogP contribution in [-0.2, 0) is 21.2 Å². The molecule has 0 radical (unpaired) electrons. The molecule has 0 unspecified atom stereocenters. The van der Waals surface area contributed by atoms with Crippen LogP contribution in [0.25, 0.3) is 0 Å². The Morgan fingerprint density at radius 1 is 1.28 bits per heavy atom. The predicted molar refractivity (Wildman–Crippen MR) is 106 cm³/mol. The van der Waals surface area contributed by atoms with E-state index >= 15 is 0 Å². The fraction of sp³-hybridized carbons (Fsp3) is 0.389. The summed E-state index contributed by atoms with van der Waals surface area (Å²) in [5.74, 6) is -0.453. The number of nitro groups is 1. The van der Waals surface area contributed by atoms with Crippen LogP contribution < -0.4 is 4.74 Å². The highest BCUT2D eigenvalue weighted by Gasteiger charge is 2.29. The average Bonchev–Trinajstić information content (AvgIpc) is 3.22. The van der Waals surface area contributed by atoms with Crippen molar-refractivity contribution in [3.05, 3.63) is 50.2 Å². The van der Waals surface area contributed by atoms with Crippen molar-refractivity contribution in [3.8, 4) is 5.75 Å². The highest BCUT2D eigenvalue weighted by atomic mass is 32.2. The first-order valence-electron chi connectivity index (χ1n) is 8.94. The molecular formula is C18H20N2O7S2. The van der Waals surface area contributed by atoms with Gasteiger partial charge in [-0.1, -0.05) is 6.92 Å². The molecule has 1 aromatic heterocycles. The number of ketones is 1.